The van der Waals surface area contributed by atoms with Crippen molar-refractivity contribution >= 4 is 17.7 Å². The van der Waals surface area contributed by atoms with Crippen LogP contribution in [-0.4, -0.2) is 38.2 Å². The number of hydrogen-bond donors (Lipinski definition) is 1. The normalized spacial score (nSPS) is 10.4. The zero-order valence-electron chi connectivity index (χ0n) is 15.5. The van der Waals surface area contributed by atoms with Crippen LogP contribution in [0.2, 0.25) is 0 Å². The van der Waals surface area contributed by atoms with E-state index in [0.29, 0.717) is 23.8 Å². The minimum absolute atomic E-state index is 0.0928. The highest BCUT2D eigenvalue weighted by Gasteiger charge is 2.05. The minimum Gasteiger partial charge on any atom is -0.493 e. The summed E-state index contributed by atoms with van der Waals surface area (Å²) in [5.41, 5.74) is 2.46. The van der Waals surface area contributed by atoms with E-state index in [1.165, 1.54) is 5.56 Å². The van der Waals surface area contributed by atoms with E-state index >= 15 is 0 Å². The fraction of sp³-hybridized carbons (Fsp3) is 0.381. The number of nitrogens with one attached hydrogen (secondary N) is 1. The van der Waals surface area contributed by atoms with E-state index in [0.717, 1.165) is 30.6 Å². The summed E-state index contributed by atoms with van der Waals surface area (Å²) in [7, 11) is 3.24. The lowest BCUT2D eigenvalue weighted by Gasteiger charge is -2.10. The van der Waals surface area contributed by atoms with E-state index in [-0.39, 0.29) is 5.91 Å². The van der Waals surface area contributed by atoms with Crippen LogP contribution in [0, 0.1) is 0 Å². The first kappa shape index (κ1) is 20.2. The summed E-state index contributed by atoms with van der Waals surface area (Å²) in [5.74, 6) is 3.03. The molecule has 5 heteroatoms. The van der Waals surface area contributed by atoms with Gasteiger partial charge in [-0.2, -0.15) is 11.8 Å². The van der Waals surface area contributed by atoms with Crippen molar-refractivity contribution in [3.8, 4) is 11.5 Å². The first-order chi connectivity index (χ1) is 12.7. The largest absolute Gasteiger partial charge is 0.493 e. The van der Waals surface area contributed by atoms with Crippen LogP contribution in [0.25, 0.3) is 0 Å². The van der Waals surface area contributed by atoms with Gasteiger partial charge in [0.25, 0.3) is 0 Å². The molecular weight excluding hydrogens is 346 g/mol. The summed E-state index contributed by atoms with van der Waals surface area (Å²) in [6, 6.07) is 16.3. The van der Waals surface area contributed by atoms with Crippen molar-refractivity contribution in [3.05, 3.63) is 59.7 Å². The van der Waals surface area contributed by atoms with Crippen molar-refractivity contribution in [2.24, 2.45) is 0 Å². The molecule has 1 N–H and O–H groups in total. The number of aryl methyl sites for hydroxylation is 1. The van der Waals surface area contributed by atoms with Gasteiger partial charge in [-0.15, -0.1) is 0 Å². The highest BCUT2D eigenvalue weighted by Crippen LogP contribution is 2.27. The van der Waals surface area contributed by atoms with Crippen LogP contribution < -0.4 is 14.8 Å². The molecule has 2 aromatic carbocycles. The number of hydrogen-bond acceptors (Lipinski definition) is 4. The Balaban J connectivity index is 1.59. The predicted octanol–water partition coefficient (Wildman–Crippen LogP) is 3.73. The molecule has 0 aromatic heterocycles. The average molecular weight is 374 g/mol. The number of amides is 1. The van der Waals surface area contributed by atoms with Gasteiger partial charge in [0.1, 0.15) is 0 Å². The van der Waals surface area contributed by atoms with E-state index in [4.69, 9.17) is 9.47 Å². The third-order valence-electron chi connectivity index (χ3n) is 4.01. The Morgan fingerprint density at radius 2 is 1.73 bits per heavy atom. The monoisotopic (exact) mass is 373 g/mol. The molecule has 0 aliphatic rings. The fourth-order valence-electron chi connectivity index (χ4n) is 2.62. The van der Waals surface area contributed by atoms with E-state index in [9.17, 15) is 4.79 Å². The minimum atomic E-state index is 0.0928. The SMILES string of the molecule is COc1ccc(CCNC(=O)CSCCCc2ccccc2)cc1OC. The quantitative estimate of drug-likeness (QED) is 0.610. The van der Waals surface area contributed by atoms with Gasteiger partial charge in [0.15, 0.2) is 11.5 Å². The number of carbonyl (C=O) groups is 1. The number of ether oxygens (including phenoxy) is 2. The lowest BCUT2D eigenvalue weighted by molar-refractivity contribution is -0.118. The van der Waals surface area contributed by atoms with Gasteiger partial charge in [-0.1, -0.05) is 36.4 Å². The summed E-state index contributed by atoms with van der Waals surface area (Å²) in [4.78, 5) is 11.9. The van der Waals surface area contributed by atoms with Gasteiger partial charge >= 0.3 is 0 Å². The van der Waals surface area contributed by atoms with E-state index < -0.39 is 0 Å². The molecule has 26 heavy (non-hydrogen) atoms. The summed E-state index contributed by atoms with van der Waals surface area (Å²) in [5, 5.41) is 2.97. The Morgan fingerprint density at radius 1 is 0.962 bits per heavy atom. The molecule has 0 saturated heterocycles. The van der Waals surface area contributed by atoms with Gasteiger partial charge in [-0.3, -0.25) is 4.79 Å². The van der Waals surface area contributed by atoms with Crippen molar-refractivity contribution < 1.29 is 14.3 Å². The van der Waals surface area contributed by atoms with Crippen LogP contribution in [0.4, 0.5) is 0 Å². The molecule has 0 saturated carbocycles. The maximum atomic E-state index is 11.9. The molecule has 4 nitrogen and oxygen atoms in total. The Kier molecular flexibility index (Phi) is 8.90. The topological polar surface area (TPSA) is 47.6 Å². The number of benzene rings is 2. The summed E-state index contributed by atoms with van der Waals surface area (Å²) in [6.07, 6.45) is 2.92. The van der Waals surface area contributed by atoms with Crippen molar-refractivity contribution in [1.29, 1.82) is 0 Å². The number of carbonyl (C=O) groups excluding carboxylic acids is 1. The molecule has 0 bridgehead atoms. The van der Waals surface area contributed by atoms with Crippen LogP contribution in [0.1, 0.15) is 17.5 Å². The van der Waals surface area contributed by atoms with Gasteiger partial charge < -0.3 is 14.8 Å². The molecule has 0 atom stereocenters. The molecule has 0 aliphatic carbocycles. The summed E-state index contributed by atoms with van der Waals surface area (Å²) >= 11 is 1.69. The highest BCUT2D eigenvalue weighted by atomic mass is 32.2. The van der Waals surface area contributed by atoms with Crippen LogP contribution in [-0.2, 0) is 17.6 Å². The smallest absolute Gasteiger partial charge is 0.230 e. The van der Waals surface area contributed by atoms with Gasteiger partial charge in [0.05, 0.1) is 20.0 Å². The fourth-order valence-corrected chi connectivity index (χ4v) is 3.40. The second kappa shape index (κ2) is 11.5. The Morgan fingerprint density at radius 3 is 2.46 bits per heavy atom. The molecule has 2 rings (SSSR count). The second-order valence-corrected chi connectivity index (χ2v) is 7.04. The van der Waals surface area contributed by atoms with Gasteiger partial charge in [0, 0.05) is 6.54 Å². The molecule has 0 spiro atoms. The molecule has 0 heterocycles. The van der Waals surface area contributed by atoms with Crippen molar-refractivity contribution in [1.82, 2.24) is 5.32 Å². The molecule has 0 fully saturated rings. The molecule has 0 radical (unpaired) electrons. The zero-order chi connectivity index (χ0) is 18.6. The number of methoxy groups -OCH3 is 2. The van der Waals surface area contributed by atoms with Crippen molar-refractivity contribution in [2.75, 3.05) is 32.3 Å². The number of rotatable bonds is 11. The van der Waals surface area contributed by atoms with E-state index in [2.05, 4.69) is 29.6 Å². The molecule has 1 amide bonds. The van der Waals surface area contributed by atoms with Crippen LogP contribution >= 0.6 is 11.8 Å². The van der Waals surface area contributed by atoms with Crippen molar-refractivity contribution in [3.63, 3.8) is 0 Å². The first-order valence-electron chi connectivity index (χ1n) is 8.82. The highest BCUT2D eigenvalue weighted by molar-refractivity contribution is 7.99. The van der Waals surface area contributed by atoms with Gasteiger partial charge in [0.2, 0.25) is 5.91 Å². The lowest BCUT2D eigenvalue weighted by Crippen LogP contribution is -2.27. The van der Waals surface area contributed by atoms with Gasteiger partial charge in [-0.05, 0) is 48.3 Å². The lowest BCUT2D eigenvalue weighted by atomic mass is 10.1. The zero-order valence-corrected chi connectivity index (χ0v) is 16.3. The van der Waals surface area contributed by atoms with Gasteiger partial charge in [-0.25, -0.2) is 0 Å². The molecule has 140 valence electrons. The van der Waals surface area contributed by atoms with Crippen LogP contribution in [0.5, 0.6) is 11.5 Å². The average Bonchev–Trinajstić information content (AvgIpc) is 2.68. The maximum Gasteiger partial charge on any atom is 0.230 e. The Labute approximate surface area is 160 Å². The standard InChI is InChI=1S/C21H27NO3S/c1-24-19-11-10-18(15-20(19)25-2)12-13-22-21(23)16-26-14-6-9-17-7-4-3-5-8-17/h3-5,7-8,10-11,15H,6,9,12-14,16H2,1-2H3,(H,22,23). The first-order valence-corrected chi connectivity index (χ1v) is 9.97. The predicted molar refractivity (Wildman–Crippen MR) is 108 cm³/mol. The third kappa shape index (κ3) is 7.00. The maximum absolute atomic E-state index is 11.9. The molecule has 2 aromatic rings. The Hall–Kier alpha value is -2.14. The van der Waals surface area contributed by atoms with E-state index in [1.54, 1.807) is 26.0 Å². The summed E-state index contributed by atoms with van der Waals surface area (Å²) < 4.78 is 10.5. The third-order valence-corrected chi connectivity index (χ3v) is 5.06. The molecule has 0 aliphatic heterocycles. The van der Waals surface area contributed by atoms with Crippen LogP contribution in [0.3, 0.4) is 0 Å². The number of thioether (sulfide) groups is 1. The van der Waals surface area contributed by atoms with Crippen LogP contribution in [0.15, 0.2) is 48.5 Å². The summed E-state index contributed by atoms with van der Waals surface area (Å²) in [6.45, 7) is 0.624. The van der Waals surface area contributed by atoms with E-state index in [1.807, 2.05) is 24.3 Å². The Bertz CT molecular complexity index is 676. The molecule has 0 unspecified atom stereocenters. The van der Waals surface area contributed by atoms with Crippen molar-refractivity contribution in [2.45, 2.75) is 19.3 Å². The second-order valence-electron chi connectivity index (χ2n) is 5.93. The molecular formula is C21H27NO3S.